The lowest BCUT2D eigenvalue weighted by molar-refractivity contribution is 0.392. The first-order chi connectivity index (χ1) is 9.08. The SMILES string of the molecule is Cc1noc(C)c1CSCc1cccc(C(N)=S)c1. The molecule has 19 heavy (non-hydrogen) atoms. The molecule has 0 aliphatic carbocycles. The van der Waals surface area contributed by atoms with Crippen LogP contribution in [-0.2, 0) is 11.5 Å². The minimum Gasteiger partial charge on any atom is -0.389 e. The summed E-state index contributed by atoms with van der Waals surface area (Å²) < 4.78 is 5.15. The molecule has 2 rings (SSSR count). The van der Waals surface area contributed by atoms with Gasteiger partial charge in [0, 0.05) is 22.6 Å². The van der Waals surface area contributed by atoms with Gasteiger partial charge in [-0.1, -0.05) is 35.6 Å². The first-order valence-electron chi connectivity index (χ1n) is 5.96. The van der Waals surface area contributed by atoms with Crippen molar-refractivity contribution in [2.45, 2.75) is 25.4 Å². The molecule has 0 saturated carbocycles. The van der Waals surface area contributed by atoms with Gasteiger partial charge in [-0.2, -0.15) is 11.8 Å². The van der Waals surface area contributed by atoms with E-state index in [0.717, 1.165) is 28.5 Å². The predicted octanol–water partition coefficient (Wildman–Crippen LogP) is 3.36. The second-order valence-corrected chi connectivity index (χ2v) is 5.79. The molecule has 3 nitrogen and oxygen atoms in total. The molecule has 100 valence electrons. The van der Waals surface area contributed by atoms with Gasteiger partial charge in [0.25, 0.3) is 0 Å². The average Bonchev–Trinajstić information content (AvgIpc) is 2.71. The van der Waals surface area contributed by atoms with Gasteiger partial charge >= 0.3 is 0 Å². The summed E-state index contributed by atoms with van der Waals surface area (Å²) in [6, 6.07) is 8.05. The van der Waals surface area contributed by atoms with Gasteiger partial charge in [0.2, 0.25) is 0 Å². The van der Waals surface area contributed by atoms with Gasteiger partial charge in [-0.25, -0.2) is 0 Å². The second kappa shape index (κ2) is 6.21. The quantitative estimate of drug-likeness (QED) is 0.856. The van der Waals surface area contributed by atoms with Gasteiger partial charge in [-0.15, -0.1) is 0 Å². The van der Waals surface area contributed by atoms with Gasteiger partial charge in [0.15, 0.2) is 0 Å². The third-order valence-electron chi connectivity index (χ3n) is 2.91. The van der Waals surface area contributed by atoms with E-state index in [-0.39, 0.29) is 0 Å². The van der Waals surface area contributed by atoms with Crippen LogP contribution < -0.4 is 5.73 Å². The number of aryl methyl sites for hydroxylation is 2. The minimum atomic E-state index is 0.442. The molecular weight excluding hydrogens is 276 g/mol. The van der Waals surface area contributed by atoms with Gasteiger partial charge in [0.05, 0.1) is 5.69 Å². The number of rotatable bonds is 5. The molecule has 5 heteroatoms. The van der Waals surface area contributed by atoms with Crippen molar-refractivity contribution < 1.29 is 4.52 Å². The second-order valence-electron chi connectivity index (χ2n) is 4.36. The highest BCUT2D eigenvalue weighted by molar-refractivity contribution is 7.97. The lowest BCUT2D eigenvalue weighted by Gasteiger charge is -2.04. The normalized spacial score (nSPS) is 10.6. The van der Waals surface area contributed by atoms with Crippen molar-refractivity contribution in [3.05, 3.63) is 52.4 Å². The Labute approximate surface area is 122 Å². The summed E-state index contributed by atoms with van der Waals surface area (Å²) in [5, 5.41) is 3.96. The van der Waals surface area contributed by atoms with E-state index in [1.807, 2.05) is 43.8 Å². The van der Waals surface area contributed by atoms with Crippen LogP contribution in [0.25, 0.3) is 0 Å². The Morgan fingerprint density at radius 3 is 2.79 bits per heavy atom. The van der Waals surface area contributed by atoms with E-state index in [1.165, 1.54) is 11.1 Å². The van der Waals surface area contributed by atoms with Crippen LogP contribution in [0.2, 0.25) is 0 Å². The number of hydrogen-bond acceptors (Lipinski definition) is 4. The number of thioether (sulfide) groups is 1. The zero-order chi connectivity index (χ0) is 13.8. The van der Waals surface area contributed by atoms with Crippen molar-refractivity contribution in [2.75, 3.05) is 0 Å². The minimum absolute atomic E-state index is 0.442. The lowest BCUT2D eigenvalue weighted by Crippen LogP contribution is -2.09. The summed E-state index contributed by atoms with van der Waals surface area (Å²) >= 11 is 6.81. The van der Waals surface area contributed by atoms with Crippen LogP contribution in [-0.4, -0.2) is 10.1 Å². The molecule has 0 atom stereocenters. The molecule has 0 amide bonds. The van der Waals surface area contributed by atoms with E-state index in [1.54, 1.807) is 0 Å². The van der Waals surface area contributed by atoms with Crippen LogP contribution in [0.4, 0.5) is 0 Å². The van der Waals surface area contributed by atoms with Gasteiger partial charge in [0.1, 0.15) is 10.7 Å². The standard InChI is InChI=1S/C14H16N2OS2/c1-9-13(10(2)17-16-9)8-19-7-11-4-3-5-12(6-11)14(15)18/h3-6H,7-8H2,1-2H3,(H2,15,18). The highest BCUT2D eigenvalue weighted by Gasteiger charge is 2.08. The Bertz CT molecular complexity index is 573. The van der Waals surface area contributed by atoms with Crippen molar-refractivity contribution in [3.8, 4) is 0 Å². The summed E-state index contributed by atoms with van der Waals surface area (Å²) in [6.45, 7) is 3.92. The van der Waals surface area contributed by atoms with Gasteiger partial charge < -0.3 is 10.3 Å². The van der Waals surface area contributed by atoms with E-state index >= 15 is 0 Å². The van der Waals surface area contributed by atoms with Crippen LogP contribution >= 0.6 is 24.0 Å². The molecule has 2 aromatic rings. The first-order valence-corrected chi connectivity index (χ1v) is 7.52. The van der Waals surface area contributed by atoms with Crippen LogP contribution in [0.5, 0.6) is 0 Å². The van der Waals surface area contributed by atoms with Crippen molar-refractivity contribution in [1.82, 2.24) is 5.16 Å². The molecule has 1 heterocycles. The number of nitrogens with two attached hydrogens (primary N) is 1. The Balaban J connectivity index is 1.96. The van der Waals surface area contributed by atoms with Crippen molar-refractivity contribution in [1.29, 1.82) is 0 Å². The smallest absolute Gasteiger partial charge is 0.137 e. The fourth-order valence-corrected chi connectivity index (χ4v) is 3.05. The number of benzene rings is 1. The monoisotopic (exact) mass is 292 g/mol. The summed E-state index contributed by atoms with van der Waals surface area (Å²) in [7, 11) is 0. The summed E-state index contributed by atoms with van der Waals surface area (Å²) in [5.74, 6) is 2.72. The first kappa shape index (κ1) is 14.1. The number of hydrogen-bond donors (Lipinski definition) is 1. The molecule has 0 aliphatic rings. The zero-order valence-electron chi connectivity index (χ0n) is 11.0. The number of aromatic nitrogens is 1. The van der Waals surface area contributed by atoms with Crippen LogP contribution in [0.15, 0.2) is 28.8 Å². The van der Waals surface area contributed by atoms with Crippen molar-refractivity contribution >= 4 is 29.0 Å². The molecule has 0 aliphatic heterocycles. The summed E-state index contributed by atoms with van der Waals surface area (Å²) in [5.41, 5.74) is 9.94. The molecule has 0 bridgehead atoms. The molecule has 1 aromatic carbocycles. The average molecular weight is 292 g/mol. The highest BCUT2D eigenvalue weighted by atomic mass is 32.2. The van der Waals surface area contributed by atoms with E-state index in [4.69, 9.17) is 22.5 Å². The molecule has 0 saturated heterocycles. The third-order valence-corrected chi connectivity index (χ3v) is 4.17. The molecule has 0 fully saturated rings. The molecule has 0 radical (unpaired) electrons. The number of nitrogens with zero attached hydrogens (tertiary/aromatic N) is 1. The van der Waals surface area contributed by atoms with E-state index in [9.17, 15) is 0 Å². The van der Waals surface area contributed by atoms with Crippen LogP contribution in [0, 0.1) is 13.8 Å². The van der Waals surface area contributed by atoms with Gasteiger partial charge in [-0.3, -0.25) is 0 Å². The van der Waals surface area contributed by atoms with Crippen molar-refractivity contribution in [2.24, 2.45) is 5.73 Å². The van der Waals surface area contributed by atoms with Crippen molar-refractivity contribution in [3.63, 3.8) is 0 Å². The predicted molar refractivity (Wildman–Crippen MR) is 83.3 cm³/mol. The molecule has 1 aromatic heterocycles. The summed E-state index contributed by atoms with van der Waals surface area (Å²) in [6.07, 6.45) is 0. The largest absolute Gasteiger partial charge is 0.389 e. The molecule has 2 N–H and O–H groups in total. The van der Waals surface area contributed by atoms with E-state index in [2.05, 4.69) is 11.2 Å². The summed E-state index contributed by atoms with van der Waals surface area (Å²) in [4.78, 5) is 0.442. The van der Waals surface area contributed by atoms with Crippen LogP contribution in [0.1, 0.15) is 28.1 Å². The fourth-order valence-electron chi connectivity index (χ4n) is 1.79. The van der Waals surface area contributed by atoms with E-state index < -0.39 is 0 Å². The van der Waals surface area contributed by atoms with Crippen LogP contribution in [0.3, 0.4) is 0 Å². The third kappa shape index (κ3) is 3.58. The maximum atomic E-state index is 5.63. The molecular formula is C14H16N2OS2. The number of thiocarbonyl (C=S) groups is 1. The fraction of sp³-hybridized carbons (Fsp3) is 0.286. The molecule has 0 unspecified atom stereocenters. The maximum Gasteiger partial charge on any atom is 0.137 e. The highest BCUT2D eigenvalue weighted by Crippen LogP contribution is 2.22. The Hall–Kier alpha value is -1.33. The molecule has 0 spiro atoms. The Morgan fingerprint density at radius 1 is 1.37 bits per heavy atom. The Morgan fingerprint density at radius 2 is 2.16 bits per heavy atom. The maximum absolute atomic E-state index is 5.63. The van der Waals surface area contributed by atoms with Gasteiger partial charge in [-0.05, 0) is 25.5 Å². The lowest BCUT2D eigenvalue weighted by atomic mass is 10.1. The Kier molecular flexibility index (Phi) is 4.61. The topological polar surface area (TPSA) is 52.0 Å². The van der Waals surface area contributed by atoms with E-state index in [0.29, 0.717) is 4.99 Å². The zero-order valence-corrected chi connectivity index (χ0v) is 12.6.